The lowest BCUT2D eigenvalue weighted by molar-refractivity contribution is 0.400. The lowest BCUT2D eigenvalue weighted by Crippen LogP contribution is -2.29. The van der Waals surface area contributed by atoms with Gasteiger partial charge in [-0.25, -0.2) is 9.82 Å². The third-order valence-corrected chi connectivity index (χ3v) is 3.34. The number of pyridine rings is 1. The maximum absolute atomic E-state index is 13.3. The number of hydrogen-bond donors (Lipinski definition) is 2. The average Bonchev–Trinajstić information content (AvgIpc) is 2.44. The Bertz CT molecular complexity index is 580. The van der Waals surface area contributed by atoms with Crippen LogP contribution in [0.5, 0.6) is 5.75 Å². The molecule has 3 N–H and O–H groups in total. The summed E-state index contributed by atoms with van der Waals surface area (Å²) in [4.78, 5) is 4.27. The Morgan fingerprint density at radius 2 is 2.21 bits per heavy atom. The number of nitrogens with one attached hydrogen (secondary N) is 1. The standard InChI is InChI=1S/C13H13BrFN3O/c1-19-11-3-2-6-17-13(11)12(18-16)8-4-5-10(15)9(14)7-8/h2-7,12,18H,16H2,1H3. The molecule has 4 nitrogen and oxygen atoms in total. The zero-order valence-corrected chi connectivity index (χ0v) is 11.8. The molecule has 0 spiro atoms. The molecule has 0 aliphatic heterocycles. The van der Waals surface area contributed by atoms with Gasteiger partial charge >= 0.3 is 0 Å². The first kappa shape index (κ1) is 13.9. The first-order chi connectivity index (χ1) is 9.17. The van der Waals surface area contributed by atoms with E-state index in [1.54, 1.807) is 37.6 Å². The number of methoxy groups -OCH3 is 1. The predicted molar refractivity (Wildman–Crippen MR) is 74.1 cm³/mol. The fourth-order valence-corrected chi connectivity index (χ4v) is 2.21. The summed E-state index contributed by atoms with van der Waals surface area (Å²) in [7, 11) is 1.56. The number of benzene rings is 1. The van der Waals surface area contributed by atoms with E-state index in [4.69, 9.17) is 10.6 Å². The monoisotopic (exact) mass is 325 g/mol. The third kappa shape index (κ3) is 2.91. The topological polar surface area (TPSA) is 60.2 Å². The molecule has 1 unspecified atom stereocenters. The van der Waals surface area contributed by atoms with E-state index in [0.29, 0.717) is 15.9 Å². The molecule has 0 radical (unpaired) electrons. The van der Waals surface area contributed by atoms with Gasteiger partial charge in [0.25, 0.3) is 0 Å². The van der Waals surface area contributed by atoms with Gasteiger partial charge in [-0.15, -0.1) is 0 Å². The summed E-state index contributed by atoms with van der Waals surface area (Å²) >= 11 is 3.16. The second kappa shape index (κ2) is 6.10. The minimum absolute atomic E-state index is 0.326. The van der Waals surface area contributed by atoms with Crippen LogP contribution in [0.2, 0.25) is 0 Å². The van der Waals surface area contributed by atoms with Crippen LogP contribution in [0.25, 0.3) is 0 Å². The molecule has 0 saturated heterocycles. The van der Waals surface area contributed by atoms with Gasteiger partial charge in [0, 0.05) is 6.20 Å². The minimum atomic E-state index is -0.381. The quantitative estimate of drug-likeness (QED) is 0.670. The first-order valence-corrected chi connectivity index (χ1v) is 6.36. The van der Waals surface area contributed by atoms with E-state index in [1.807, 2.05) is 0 Å². The average molecular weight is 326 g/mol. The zero-order chi connectivity index (χ0) is 13.8. The van der Waals surface area contributed by atoms with Crippen molar-refractivity contribution in [2.45, 2.75) is 6.04 Å². The zero-order valence-electron chi connectivity index (χ0n) is 10.2. The fourth-order valence-electron chi connectivity index (χ4n) is 1.82. The van der Waals surface area contributed by atoms with Crippen molar-refractivity contribution in [3.05, 3.63) is 58.1 Å². The molecule has 19 heavy (non-hydrogen) atoms. The van der Waals surface area contributed by atoms with E-state index in [2.05, 4.69) is 26.3 Å². The Labute approximate surface area is 118 Å². The number of aromatic nitrogens is 1. The van der Waals surface area contributed by atoms with Gasteiger partial charge in [0.15, 0.2) is 0 Å². The number of hydrazine groups is 1. The van der Waals surface area contributed by atoms with Crippen LogP contribution in [0.3, 0.4) is 0 Å². The number of hydrogen-bond acceptors (Lipinski definition) is 4. The van der Waals surface area contributed by atoms with Crippen molar-refractivity contribution < 1.29 is 9.13 Å². The van der Waals surface area contributed by atoms with Crippen molar-refractivity contribution in [1.29, 1.82) is 0 Å². The maximum Gasteiger partial charge on any atom is 0.142 e. The number of ether oxygens (including phenoxy) is 1. The smallest absolute Gasteiger partial charge is 0.142 e. The van der Waals surface area contributed by atoms with E-state index in [-0.39, 0.29) is 11.9 Å². The fraction of sp³-hybridized carbons (Fsp3) is 0.154. The van der Waals surface area contributed by atoms with Gasteiger partial charge in [-0.1, -0.05) is 6.07 Å². The second-order valence-corrected chi connectivity index (χ2v) is 4.72. The summed E-state index contributed by atoms with van der Waals surface area (Å²) in [6.07, 6.45) is 1.65. The van der Waals surface area contributed by atoms with Crippen LogP contribution in [0.4, 0.5) is 4.39 Å². The Morgan fingerprint density at radius 1 is 1.42 bits per heavy atom. The molecule has 100 valence electrons. The van der Waals surface area contributed by atoms with Crippen molar-refractivity contribution in [3.8, 4) is 5.75 Å². The lowest BCUT2D eigenvalue weighted by atomic mass is 10.0. The van der Waals surface area contributed by atoms with Crippen LogP contribution in [0, 0.1) is 5.82 Å². The van der Waals surface area contributed by atoms with E-state index < -0.39 is 0 Å². The Kier molecular flexibility index (Phi) is 4.47. The van der Waals surface area contributed by atoms with Gasteiger partial charge in [-0.2, -0.15) is 0 Å². The van der Waals surface area contributed by atoms with Crippen molar-refractivity contribution in [2.75, 3.05) is 7.11 Å². The summed E-state index contributed by atoms with van der Waals surface area (Å²) in [5, 5.41) is 0. The third-order valence-electron chi connectivity index (χ3n) is 2.74. The number of nitrogens with zero attached hydrogens (tertiary/aromatic N) is 1. The molecule has 0 saturated carbocycles. The molecule has 0 aliphatic carbocycles. The number of rotatable bonds is 4. The van der Waals surface area contributed by atoms with Crippen LogP contribution < -0.4 is 16.0 Å². The Balaban J connectivity index is 2.46. The van der Waals surface area contributed by atoms with Gasteiger partial charge in [0.2, 0.25) is 0 Å². The van der Waals surface area contributed by atoms with Gasteiger partial charge < -0.3 is 4.74 Å². The highest BCUT2D eigenvalue weighted by atomic mass is 79.9. The van der Waals surface area contributed by atoms with Crippen molar-refractivity contribution in [3.63, 3.8) is 0 Å². The minimum Gasteiger partial charge on any atom is -0.495 e. The van der Waals surface area contributed by atoms with Crippen molar-refractivity contribution >= 4 is 15.9 Å². The van der Waals surface area contributed by atoms with Crippen molar-refractivity contribution in [1.82, 2.24) is 10.4 Å². The normalized spacial score (nSPS) is 12.2. The summed E-state index contributed by atoms with van der Waals surface area (Å²) < 4.78 is 18.9. The van der Waals surface area contributed by atoms with Gasteiger partial charge in [-0.05, 0) is 45.8 Å². The molecule has 6 heteroatoms. The molecule has 1 heterocycles. The van der Waals surface area contributed by atoms with E-state index >= 15 is 0 Å². The second-order valence-electron chi connectivity index (χ2n) is 3.86. The largest absolute Gasteiger partial charge is 0.495 e. The Morgan fingerprint density at radius 3 is 2.84 bits per heavy atom. The van der Waals surface area contributed by atoms with Gasteiger partial charge in [0.1, 0.15) is 17.3 Å². The highest BCUT2D eigenvalue weighted by Crippen LogP contribution is 2.29. The van der Waals surface area contributed by atoms with E-state index in [1.165, 1.54) is 6.07 Å². The van der Waals surface area contributed by atoms with Crippen LogP contribution in [0.15, 0.2) is 41.0 Å². The molecule has 0 fully saturated rings. The van der Waals surface area contributed by atoms with E-state index in [0.717, 1.165) is 5.56 Å². The van der Waals surface area contributed by atoms with Gasteiger partial charge in [0.05, 0.1) is 17.6 Å². The molecule has 2 aromatic rings. The molecule has 0 amide bonds. The van der Waals surface area contributed by atoms with Crippen LogP contribution >= 0.6 is 15.9 Å². The van der Waals surface area contributed by atoms with E-state index in [9.17, 15) is 4.39 Å². The summed E-state index contributed by atoms with van der Waals surface area (Å²) in [6, 6.07) is 7.88. The number of halogens is 2. The lowest BCUT2D eigenvalue weighted by Gasteiger charge is -2.18. The molecule has 0 bridgehead atoms. The Hall–Kier alpha value is -1.50. The molecular formula is C13H13BrFN3O. The van der Waals surface area contributed by atoms with Gasteiger partial charge in [-0.3, -0.25) is 10.8 Å². The number of nitrogens with two attached hydrogens (primary N) is 1. The summed E-state index contributed by atoms with van der Waals surface area (Å²) in [5.41, 5.74) is 4.10. The van der Waals surface area contributed by atoms with Crippen LogP contribution in [-0.2, 0) is 0 Å². The highest BCUT2D eigenvalue weighted by molar-refractivity contribution is 9.10. The van der Waals surface area contributed by atoms with Crippen LogP contribution in [-0.4, -0.2) is 12.1 Å². The molecule has 1 aromatic heterocycles. The molecule has 1 atom stereocenters. The molecule has 2 rings (SSSR count). The molecular weight excluding hydrogens is 313 g/mol. The molecule has 0 aliphatic rings. The predicted octanol–water partition coefficient (Wildman–Crippen LogP) is 2.54. The summed E-state index contributed by atoms with van der Waals surface area (Å²) in [5.74, 6) is 5.88. The SMILES string of the molecule is COc1cccnc1C(NN)c1ccc(F)c(Br)c1. The maximum atomic E-state index is 13.3. The first-order valence-electron chi connectivity index (χ1n) is 5.57. The highest BCUT2D eigenvalue weighted by Gasteiger charge is 2.19. The molecule has 1 aromatic carbocycles. The van der Waals surface area contributed by atoms with Crippen molar-refractivity contribution in [2.24, 2.45) is 5.84 Å². The summed E-state index contributed by atoms with van der Waals surface area (Å²) in [6.45, 7) is 0. The van der Waals surface area contributed by atoms with Crippen LogP contribution in [0.1, 0.15) is 17.3 Å².